The standard InChI is InChI=1S/C16H15BrClFIN/c1-2-7-21-16(12-5-3-10(18)8-15(12)19)13-9-11(20)4-6-14(13)17/h3-6,8-9,16,21H,2,7H2,1H3. The molecule has 0 saturated carbocycles. The number of benzene rings is 2. The normalized spacial score (nSPS) is 12.4. The maximum atomic E-state index is 14.3. The topological polar surface area (TPSA) is 12.0 Å². The van der Waals surface area contributed by atoms with Crippen molar-refractivity contribution in [3.05, 3.63) is 66.4 Å². The second kappa shape index (κ2) is 7.90. The fourth-order valence-electron chi connectivity index (χ4n) is 2.15. The lowest BCUT2D eigenvalue weighted by Crippen LogP contribution is -2.24. The summed E-state index contributed by atoms with van der Waals surface area (Å²) in [6, 6.07) is 10.7. The van der Waals surface area contributed by atoms with Gasteiger partial charge in [-0.05, 0) is 71.5 Å². The molecule has 0 bridgehead atoms. The van der Waals surface area contributed by atoms with Crippen molar-refractivity contribution in [1.29, 1.82) is 0 Å². The summed E-state index contributed by atoms with van der Waals surface area (Å²) in [6.45, 7) is 2.90. The van der Waals surface area contributed by atoms with Crippen molar-refractivity contribution in [3.8, 4) is 0 Å². The van der Waals surface area contributed by atoms with Crippen LogP contribution in [0, 0.1) is 9.39 Å². The third kappa shape index (κ3) is 4.41. The molecule has 2 aromatic rings. The van der Waals surface area contributed by atoms with Gasteiger partial charge in [-0.3, -0.25) is 0 Å². The van der Waals surface area contributed by atoms with E-state index in [-0.39, 0.29) is 11.9 Å². The molecule has 0 aromatic heterocycles. The first-order valence-corrected chi connectivity index (χ1v) is 8.91. The highest BCUT2D eigenvalue weighted by molar-refractivity contribution is 14.1. The van der Waals surface area contributed by atoms with Crippen molar-refractivity contribution in [1.82, 2.24) is 5.32 Å². The van der Waals surface area contributed by atoms with Crippen LogP contribution < -0.4 is 5.32 Å². The Morgan fingerprint density at radius 1 is 1.24 bits per heavy atom. The van der Waals surface area contributed by atoms with Gasteiger partial charge in [0, 0.05) is 18.6 Å². The highest BCUT2D eigenvalue weighted by Gasteiger charge is 2.20. The van der Waals surface area contributed by atoms with Gasteiger partial charge in [0.05, 0.1) is 6.04 Å². The zero-order valence-electron chi connectivity index (χ0n) is 11.5. The first kappa shape index (κ1) is 17.2. The molecule has 0 saturated heterocycles. The fraction of sp³-hybridized carbons (Fsp3) is 0.250. The van der Waals surface area contributed by atoms with Crippen LogP contribution in [0.15, 0.2) is 40.9 Å². The summed E-state index contributed by atoms with van der Waals surface area (Å²) in [5.41, 5.74) is 1.63. The van der Waals surface area contributed by atoms with E-state index in [2.05, 4.69) is 56.8 Å². The van der Waals surface area contributed by atoms with Crippen molar-refractivity contribution < 1.29 is 4.39 Å². The summed E-state index contributed by atoms with van der Waals surface area (Å²) in [5, 5.41) is 3.82. The molecule has 0 aliphatic heterocycles. The van der Waals surface area contributed by atoms with Gasteiger partial charge in [-0.25, -0.2) is 4.39 Å². The predicted molar refractivity (Wildman–Crippen MR) is 98.4 cm³/mol. The average Bonchev–Trinajstić information content (AvgIpc) is 2.44. The van der Waals surface area contributed by atoms with Crippen LogP contribution in [0.2, 0.25) is 5.02 Å². The lowest BCUT2D eigenvalue weighted by Gasteiger charge is -2.22. The molecule has 2 aromatic carbocycles. The van der Waals surface area contributed by atoms with Crippen LogP contribution in [-0.4, -0.2) is 6.54 Å². The Bertz CT molecular complexity index is 636. The molecule has 0 radical (unpaired) electrons. The summed E-state index contributed by atoms with van der Waals surface area (Å²) in [6.07, 6.45) is 0.979. The molecule has 5 heteroatoms. The Hall–Kier alpha value is -0.170. The number of hydrogen-bond donors (Lipinski definition) is 1. The first-order valence-electron chi connectivity index (χ1n) is 6.66. The molecular formula is C16H15BrClFIN. The van der Waals surface area contributed by atoms with Crippen molar-refractivity contribution in [2.45, 2.75) is 19.4 Å². The molecule has 0 heterocycles. The molecule has 0 aliphatic rings. The molecule has 0 aliphatic carbocycles. The zero-order chi connectivity index (χ0) is 15.4. The molecule has 1 N–H and O–H groups in total. The maximum absolute atomic E-state index is 14.3. The first-order chi connectivity index (χ1) is 10.0. The Morgan fingerprint density at radius 3 is 2.67 bits per heavy atom. The molecule has 0 amide bonds. The van der Waals surface area contributed by atoms with E-state index in [1.807, 2.05) is 12.1 Å². The molecule has 1 unspecified atom stereocenters. The van der Waals surface area contributed by atoms with Gasteiger partial charge in [0.2, 0.25) is 0 Å². The summed E-state index contributed by atoms with van der Waals surface area (Å²) < 4.78 is 16.4. The number of halogens is 4. The number of rotatable bonds is 5. The van der Waals surface area contributed by atoms with Crippen LogP contribution in [0.3, 0.4) is 0 Å². The van der Waals surface area contributed by atoms with Crippen LogP contribution in [0.5, 0.6) is 0 Å². The molecule has 21 heavy (non-hydrogen) atoms. The fourth-order valence-corrected chi connectivity index (χ4v) is 3.30. The summed E-state index contributed by atoms with van der Waals surface area (Å²) in [7, 11) is 0. The summed E-state index contributed by atoms with van der Waals surface area (Å²) in [4.78, 5) is 0. The Morgan fingerprint density at radius 2 is 2.00 bits per heavy atom. The van der Waals surface area contributed by atoms with Gasteiger partial charge in [0.25, 0.3) is 0 Å². The van der Waals surface area contributed by atoms with Crippen LogP contribution in [0.1, 0.15) is 30.5 Å². The van der Waals surface area contributed by atoms with Crippen molar-refractivity contribution >= 4 is 50.1 Å². The second-order valence-corrected chi connectivity index (χ2v) is 7.26. The highest BCUT2D eigenvalue weighted by atomic mass is 127. The van der Waals surface area contributed by atoms with E-state index in [4.69, 9.17) is 11.6 Å². The molecular weight excluding hydrogens is 467 g/mol. The second-order valence-electron chi connectivity index (χ2n) is 4.72. The van der Waals surface area contributed by atoms with E-state index in [1.54, 1.807) is 12.1 Å². The van der Waals surface area contributed by atoms with Crippen LogP contribution in [-0.2, 0) is 0 Å². The smallest absolute Gasteiger partial charge is 0.129 e. The van der Waals surface area contributed by atoms with E-state index >= 15 is 0 Å². The minimum Gasteiger partial charge on any atom is -0.306 e. The Balaban J connectivity index is 2.49. The van der Waals surface area contributed by atoms with E-state index in [0.717, 1.165) is 26.6 Å². The monoisotopic (exact) mass is 481 g/mol. The average molecular weight is 483 g/mol. The number of hydrogen-bond acceptors (Lipinski definition) is 1. The quantitative estimate of drug-likeness (QED) is 0.521. The zero-order valence-corrected chi connectivity index (χ0v) is 16.0. The van der Waals surface area contributed by atoms with Gasteiger partial charge < -0.3 is 5.32 Å². The maximum Gasteiger partial charge on any atom is 0.129 e. The van der Waals surface area contributed by atoms with Crippen molar-refractivity contribution in [2.24, 2.45) is 0 Å². The lowest BCUT2D eigenvalue weighted by molar-refractivity contribution is 0.545. The van der Waals surface area contributed by atoms with Crippen LogP contribution in [0.4, 0.5) is 4.39 Å². The van der Waals surface area contributed by atoms with Crippen molar-refractivity contribution in [2.75, 3.05) is 6.54 Å². The van der Waals surface area contributed by atoms with Gasteiger partial charge in [0.1, 0.15) is 5.82 Å². The number of nitrogens with one attached hydrogen (secondary N) is 1. The molecule has 0 fully saturated rings. The van der Waals surface area contributed by atoms with Crippen LogP contribution >= 0.6 is 50.1 Å². The van der Waals surface area contributed by atoms with E-state index in [9.17, 15) is 4.39 Å². The van der Waals surface area contributed by atoms with Gasteiger partial charge >= 0.3 is 0 Å². The van der Waals surface area contributed by atoms with Crippen LogP contribution in [0.25, 0.3) is 0 Å². The molecule has 0 spiro atoms. The molecule has 1 nitrogen and oxygen atoms in total. The third-order valence-electron chi connectivity index (χ3n) is 3.14. The van der Waals surface area contributed by atoms with E-state index < -0.39 is 0 Å². The Kier molecular flexibility index (Phi) is 6.47. The van der Waals surface area contributed by atoms with Gasteiger partial charge in [-0.15, -0.1) is 0 Å². The van der Waals surface area contributed by atoms with E-state index in [0.29, 0.717) is 10.6 Å². The predicted octanol–water partition coefficient (Wildman–Crippen LogP) is 5.94. The van der Waals surface area contributed by atoms with Crippen molar-refractivity contribution in [3.63, 3.8) is 0 Å². The lowest BCUT2D eigenvalue weighted by atomic mass is 9.98. The Labute approximate surface area is 151 Å². The SMILES string of the molecule is CCCNC(c1ccc(Cl)cc1F)c1cc(I)ccc1Br. The van der Waals surface area contributed by atoms with Gasteiger partial charge in [-0.1, -0.05) is 40.5 Å². The molecule has 1 atom stereocenters. The summed E-state index contributed by atoms with van der Waals surface area (Å²) >= 11 is 11.7. The third-order valence-corrected chi connectivity index (χ3v) is 4.77. The molecule has 2 rings (SSSR count). The largest absolute Gasteiger partial charge is 0.306 e. The van der Waals surface area contributed by atoms with Gasteiger partial charge in [0.15, 0.2) is 0 Å². The summed E-state index contributed by atoms with van der Waals surface area (Å²) in [5.74, 6) is -0.290. The van der Waals surface area contributed by atoms with Gasteiger partial charge in [-0.2, -0.15) is 0 Å². The minimum atomic E-state index is -0.290. The molecule has 112 valence electrons. The minimum absolute atomic E-state index is 0.202. The highest BCUT2D eigenvalue weighted by Crippen LogP contribution is 2.32. The van der Waals surface area contributed by atoms with E-state index in [1.165, 1.54) is 6.07 Å².